The average molecular weight is 422 g/mol. The second-order valence-electron chi connectivity index (χ2n) is 7.77. The molecule has 1 aromatic heterocycles. The number of H-pyrrole nitrogens is 1. The number of aromatic nitrogens is 2. The standard InChI is InChI=1S/C23H26N4O4/c1-31-13-12-26-11-5-6-17(15-26)24-21(28)16-9-10-19-20(14-16)25-23(30)27(22(19)29)18-7-3-2-4-8-18/h2-4,7-10,14,17H,5-6,11-13,15H2,1H3,(H,24,28)(H,25,30). The van der Waals surface area contributed by atoms with E-state index in [0.717, 1.165) is 37.0 Å². The molecule has 2 aromatic carbocycles. The number of hydrogen-bond donors (Lipinski definition) is 2. The molecule has 1 saturated heterocycles. The zero-order valence-corrected chi connectivity index (χ0v) is 17.5. The second-order valence-corrected chi connectivity index (χ2v) is 7.77. The molecule has 162 valence electrons. The lowest BCUT2D eigenvalue weighted by Gasteiger charge is -2.32. The van der Waals surface area contributed by atoms with Crippen LogP contribution in [0.15, 0.2) is 58.1 Å². The molecule has 0 radical (unpaired) electrons. The van der Waals surface area contributed by atoms with E-state index in [4.69, 9.17) is 4.74 Å². The van der Waals surface area contributed by atoms with Crippen LogP contribution in [0.1, 0.15) is 23.2 Å². The number of methoxy groups -OCH3 is 1. The normalized spacial score (nSPS) is 17.0. The SMILES string of the molecule is COCCN1CCCC(NC(=O)c2ccc3c(=O)n(-c4ccccc4)c(=O)[nH]c3c2)C1. The molecule has 1 atom stereocenters. The highest BCUT2D eigenvalue weighted by molar-refractivity contribution is 5.97. The number of fused-ring (bicyclic) bond motifs is 1. The first-order valence-corrected chi connectivity index (χ1v) is 10.4. The van der Waals surface area contributed by atoms with Crippen molar-refractivity contribution in [3.8, 4) is 5.69 Å². The number of para-hydroxylation sites is 1. The molecular weight excluding hydrogens is 396 g/mol. The quantitative estimate of drug-likeness (QED) is 0.628. The van der Waals surface area contributed by atoms with Gasteiger partial charge in [0, 0.05) is 31.8 Å². The summed E-state index contributed by atoms with van der Waals surface area (Å²) in [6, 6.07) is 13.6. The topological polar surface area (TPSA) is 96.4 Å². The van der Waals surface area contributed by atoms with Crippen molar-refractivity contribution < 1.29 is 9.53 Å². The minimum absolute atomic E-state index is 0.0546. The third-order valence-electron chi connectivity index (χ3n) is 5.63. The summed E-state index contributed by atoms with van der Waals surface area (Å²) < 4.78 is 6.24. The Kier molecular flexibility index (Phi) is 6.29. The van der Waals surface area contributed by atoms with Crippen LogP contribution in [0.3, 0.4) is 0 Å². The van der Waals surface area contributed by atoms with Gasteiger partial charge in [-0.15, -0.1) is 0 Å². The Hall–Kier alpha value is -3.23. The van der Waals surface area contributed by atoms with Crippen LogP contribution in [-0.2, 0) is 4.74 Å². The number of amides is 1. The van der Waals surface area contributed by atoms with Crippen LogP contribution in [0.5, 0.6) is 0 Å². The van der Waals surface area contributed by atoms with Crippen molar-refractivity contribution >= 4 is 16.8 Å². The van der Waals surface area contributed by atoms with Crippen molar-refractivity contribution in [3.63, 3.8) is 0 Å². The molecule has 8 heteroatoms. The maximum absolute atomic E-state index is 12.9. The van der Waals surface area contributed by atoms with Crippen LogP contribution in [0, 0.1) is 0 Å². The molecule has 8 nitrogen and oxygen atoms in total. The maximum atomic E-state index is 12.9. The van der Waals surface area contributed by atoms with E-state index in [9.17, 15) is 14.4 Å². The van der Waals surface area contributed by atoms with Crippen molar-refractivity contribution in [1.82, 2.24) is 19.8 Å². The summed E-state index contributed by atoms with van der Waals surface area (Å²) in [5.74, 6) is -0.214. The van der Waals surface area contributed by atoms with E-state index in [0.29, 0.717) is 28.8 Å². The first-order chi connectivity index (χ1) is 15.1. The molecule has 1 amide bonds. The van der Waals surface area contributed by atoms with Gasteiger partial charge in [-0.05, 0) is 49.7 Å². The van der Waals surface area contributed by atoms with Gasteiger partial charge >= 0.3 is 5.69 Å². The van der Waals surface area contributed by atoms with Gasteiger partial charge in [0.1, 0.15) is 0 Å². The van der Waals surface area contributed by atoms with Crippen molar-refractivity contribution in [1.29, 1.82) is 0 Å². The zero-order valence-electron chi connectivity index (χ0n) is 17.5. The number of piperidine rings is 1. The fourth-order valence-electron chi connectivity index (χ4n) is 4.04. The van der Waals surface area contributed by atoms with E-state index in [1.54, 1.807) is 49.6 Å². The number of benzene rings is 2. The number of carbonyl (C=O) groups excluding carboxylic acids is 1. The van der Waals surface area contributed by atoms with Gasteiger partial charge in [-0.25, -0.2) is 9.36 Å². The lowest BCUT2D eigenvalue weighted by Crippen LogP contribution is -2.48. The molecule has 1 aliphatic rings. The maximum Gasteiger partial charge on any atom is 0.333 e. The highest BCUT2D eigenvalue weighted by Gasteiger charge is 2.22. The predicted molar refractivity (Wildman–Crippen MR) is 119 cm³/mol. The number of rotatable bonds is 6. The summed E-state index contributed by atoms with van der Waals surface area (Å²) in [5.41, 5.74) is 0.294. The van der Waals surface area contributed by atoms with E-state index in [1.807, 2.05) is 6.07 Å². The van der Waals surface area contributed by atoms with Gasteiger partial charge in [-0.2, -0.15) is 0 Å². The van der Waals surface area contributed by atoms with Crippen LogP contribution >= 0.6 is 0 Å². The van der Waals surface area contributed by atoms with Gasteiger partial charge in [0.15, 0.2) is 0 Å². The Balaban J connectivity index is 1.56. The van der Waals surface area contributed by atoms with Crippen LogP contribution in [0.2, 0.25) is 0 Å². The number of nitrogens with zero attached hydrogens (tertiary/aromatic N) is 2. The highest BCUT2D eigenvalue weighted by atomic mass is 16.5. The molecule has 2 N–H and O–H groups in total. The third-order valence-corrected chi connectivity index (χ3v) is 5.63. The van der Waals surface area contributed by atoms with Gasteiger partial charge < -0.3 is 15.0 Å². The van der Waals surface area contributed by atoms with Crippen LogP contribution in [0.4, 0.5) is 0 Å². The zero-order chi connectivity index (χ0) is 21.8. The van der Waals surface area contributed by atoms with Crippen LogP contribution < -0.4 is 16.6 Å². The monoisotopic (exact) mass is 422 g/mol. The molecule has 0 spiro atoms. The Morgan fingerprint density at radius 3 is 2.77 bits per heavy atom. The first kappa shape index (κ1) is 21.0. The first-order valence-electron chi connectivity index (χ1n) is 10.4. The summed E-state index contributed by atoms with van der Waals surface area (Å²) >= 11 is 0. The predicted octanol–water partition coefficient (Wildman–Crippen LogP) is 1.52. The fourth-order valence-corrected chi connectivity index (χ4v) is 4.04. The molecule has 31 heavy (non-hydrogen) atoms. The molecule has 0 saturated carbocycles. The summed E-state index contributed by atoms with van der Waals surface area (Å²) in [5, 5.41) is 3.43. The summed E-state index contributed by atoms with van der Waals surface area (Å²) in [7, 11) is 1.68. The van der Waals surface area contributed by atoms with Crippen molar-refractivity contribution in [2.45, 2.75) is 18.9 Å². The Labute approximate surface area is 179 Å². The summed E-state index contributed by atoms with van der Waals surface area (Å²) in [4.78, 5) is 43.3. The number of nitrogens with one attached hydrogen (secondary N) is 2. The Bertz CT molecular complexity index is 1190. The van der Waals surface area contributed by atoms with E-state index < -0.39 is 11.2 Å². The van der Waals surface area contributed by atoms with Gasteiger partial charge in [0.25, 0.3) is 11.5 Å². The average Bonchev–Trinajstić information content (AvgIpc) is 2.78. The van der Waals surface area contributed by atoms with E-state index in [1.165, 1.54) is 0 Å². The minimum atomic E-state index is -0.540. The lowest BCUT2D eigenvalue weighted by molar-refractivity contribution is 0.0879. The largest absolute Gasteiger partial charge is 0.383 e. The smallest absolute Gasteiger partial charge is 0.333 e. The van der Waals surface area contributed by atoms with Crippen molar-refractivity contribution in [2.75, 3.05) is 33.4 Å². The molecule has 1 unspecified atom stereocenters. The van der Waals surface area contributed by atoms with E-state index in [2.05, 4.69) is 15.2 Å². The molecule has 1 aliphatic heterocycles. The van der Waals surface area contributed by atoms with Crippen LogP contribution in [-0.4, -0.2) is 59.8 Å². The summed E-state index contributed by atoms with van der Waals surface area (Å²) in [6.45, 7) is 3.29. The molecule has 1 fully saturated rings. The third kappa shape index (κ3) is 4.60. The highest BCUT2D eigenvalue weighted by Crippen LogP contribution is 2.13. The van der Waals surface area contributed by atoms with Gasteiger partial charge in [0.2, 0.25) is 0 Å². The van der Waals surface area contributed by atoms with E-state index >= 15 is 0 Å². The fraction of sp³-hybridized carbons (Fsp3) is 0.348. The van der Waals surface area contributed by atoms with Gasteiger partial charge in [-0.3, -0.25) is 14.5 Å². The summed E-state index contributed by atoms with van der Waals surface area (Å²) in [6.07, 6.45) is 1.93. The number of hydrogen-bond acceptors (Lipinski definition) is 5. The van der Waals surface area contributed by atoms with E-state index in [-0.39, 0.29) is 11.9 Å². The molecular formula is C23H26N4O4. The molecule has 4 rings (SSSR count). The molecule has 3 aromatic rings. The van der Waals surface area contributed by atoms with Crippen molar-refractivity contribution in [3.05, 3.63) is 74.9 Å². The molecule has 0 bridgehead atoms. The minimum Gasteiger partial charge on any atom is -0.383 e. The number of likely N-dealkylation sites (tertiary alicyclic amines) is 1. The Morgan fingerprint density at radius 2 is 2.00 bits per heavy atom. The number of aromatic amines is 1. The van der Waals surface area contributed by atoms with Crippen LogP contribution in [0.25, 0.3) is 16.6 Å². The number of carbonyl (C=O) groups is 1. The Morgan fingerprint density at radius 1 is 1.19 bits per heavy atom. The lowest BCUT2D eigenvalue weighted by atomic mass is 10.0. The molecule has 0 aliphatic carbocycles. The van der Waals surface area contributed by atoms with Gasteiger partial charge in [0.05, 0.1) is 23.2 Å². The molecule has 2 heterocycles. The second kappa shape index (κ2) is 9.28. The number of ether oxygens (including phenoxy) is 1. The van der Waals surface area contributed by atoms with Crippen molar-refractivity contribution in [2.24, 2.45) is 0 Å². The van der Waals surface area contributed by atoms with Gasteiger partial charge in [-0.1, -0.05) is 18.2 Å².